The van der Waals surface area contributed by atoms with E-state index >= 15 is 0 Å². The second-order valence-corrected chi connectivity index (χ2v) is 6.89. The number of hydrogen-bond acceptors (Lipinski definition) is 4. The summed E-state index contributed by atoms with van der Waals surface area (Å²) in [5.41, 5.74) is 0. The van der Waals surface area contributed by atoms with Crippen molar-refractivity contribution >= 4 is 23.1 Å². The summed E-state index contributed by atoms with van der Waals surface area (Å²) in [5.74, 6) is 0. The lowest BCUT2D eigenvalue weighted by atomic mass is 9.95. The molecule has 1 aliphatic rings. The van der Waals surface area contributed by atoms with Crippen molar-refractivity contribution in [3.63, 3.8) is 0 Å². The minimum atomic E-state index is 0.728. The van der Waals surface area contributed by atoms with Gasteiger partial charge in [0.1, 0.15) is 0 Å². The van der Waals surface area contributed by atoms with E-state index in [9.17, 15) is 0 Å². The van der Waals surface area contributed by atoms with Crippen LogP contribution in [0.3, 0.4) is 0 Å². The quantitative estimate of drug-likeness (QED) is 0.895. The van der Waals surface area contributed by atoms with E-state index in [1.807, 2.05) is 18.0 Å². The van der Waals surface area contributed by atoms with Crippen molar-refractivity contribution in [2.45, 2.75) is 50.4 Å². The Morgan fingerprint density at radius 1 is 1.44 bits per heavy atom. The molecule has 16 heavy (non-hydrogen) atoms. The molecule has 90 valence electrons. The molecule has 0 bridgehead atoms. The molecule has 0 radical (unpaired) electrons. The van der Waals surface area contributed by atoms with E-state index in [4.69, 9.17) is 0 Å². The van der Waals surface area contributed by atoms with E-state index < -0.39 is 0 Å². The zero-order valence-corrected chi connectivity index (χ0v) is 11.7. The Morgan fingerprint density at radius 2 is 2.19 bits per heavy atom. The van der Waals surface area contributed by atoms with Crippen LogP contribution in [0.2, 0.25) is 0 Å². The third-order valence-corrected chi connectivity index (χ3v) is 5.29. The fourth-order valence-electron chi connectivity index (χ4n) is 2.23. The molecule has 0 saturated heterocycles. The van der Waals surface area contributed by atoms with Crippen LogP contribution in [-0.2, 0) is 6.54 Å². The Balaban J connectivity index is 1.71. The maximum absolute atomic E-state index is 4.28. The third-order valence-electron chi connectivity index (χ3n) is 3.24. The van der Waals surface area contributed by atoms with Gasteiger partial charge in [-0.05, 0) is 38.9 Å². The number of thioether (sulfide) groups is 1. The molecule has 1 aromatic rings. The van der Waals surface area contributed by atoms with Gasteiger partial charge in [0.2, 0.25) is 0 Å². The summed E-state index contributed by atoms with van der Waals surface area (Å²) in [4.78, 5) is 5.65. The van der Waals surface area contributed by atoms with Crippen molar-refractivity contribution in [1.29, 1.82) is 0 Å². The number of aromatic nitrogens is 1. The van der Waals surface area contributed by atoms with Gasteiger partial charge in [-0.2, -0.15) is 11.8 Å². The van der Waals surface area contributed by atoms with Crippen LogP contribution in [0.1, 0.15) is 35.6 Å². The summed E-state index contributed by atoms with van der Waals surface area (Å²) in [6, 6.07) is 0.728. The molecule has 1 N–H and O–H groups in total. The molecule has 0 unspecified atom stereocenters. The molecular formula is C12H20N2S2. The maximum atomic E-state index is 4.28. The van der Waals surface area contributed by atoms with Crippen molar-refractivity contribution in [1.82, 2.24) is 10.3 Å². The highest BCUT2D eigenvalue weighted by molar-refractivity contribution is 7.99. The lowest BCUT2D eigenvalue weighted by molar-refractivity contribution is 0.380. The van der Waals surface area contributed by atoms with E-state index in [0.717, 1.165) is 17.8 Å². The highest BCUT2D eigenvalue weighted by Crippen LogP contribution is 2.27. The fourth-order valence-corrected chi connectivity index (χ4v) is 3.72. The number of rotatable bonds is 4. The van der Waals surface area contributed by atoms with Gasteiger partial charge in [-0.25, -0.2) is 4.98 Å². The number of nitrogens with one attached hydrogen (secondary N) is 1. The van der Waals surface area contributed by atoms with Gasteiger partial charge in [-0.3, -0.25) is 0 Å². The van der Waals surface area contributed by atoms with Gasteiger partial charge in [0.05, 0.1) is 5.01 Å². The predicted octanol–water partition coefficient (Wildman–Crippen LogP) is 3.22. The third kappa shape index (κ3) is 3.47. The molecule has 1 heterocycles. The fraction of sp³-hybridized carbons (Fsp3) is 0.750. The molecule has 1 aromatic heterocycles. The van der Waals surface area contributed by atoms with E-state index in [1.54, 1.807) is 11.3 Å². The molecule has 0 aromatic carbocycles. The van der Waals surface area contributed by atoms with Gasteiger partial charge in [0.25, 0.3) is 0 Å². The Hall–Kier alpha value is -0.0600. The average Bonchev–Trinajstić information content (AvgIpc) is 2.73. The molecule has 1 fully saturated rings. The van der Waals surface area contributed by atoms with Gasteiger partial charge in [0, 0.05) is 28.9 Å². The van der Waals surface area contributed by atoms with Crippen molar-refractivity contribution in [2.24, 2.45) is 0 Å². The number of thiazole rings is 1. The number of nitrogens with zero attached hydrogens (tertiary/aromatic N) is 1. The van der Waals surface area contributed by atoms with Gasteiger partial charge in [-0.15, -0.1) is 11.3 Å². The standard InChI is InChI=1S/C12H20N2S2/c1-9-13-7-12(16-9)8-14-10-3-5-11(15-2)6-4-10/h7,10-11,14H,3-6,8H2,1-2H3. The molecular weight excluding hydrogens is 236 g/mol. The van der Waals surface area contributed by atoms with Crippen LogP contribution in [0.5, 0.6) is 0 Å². The molecule has 1 aliphatic carbocycles. The minimum Gasteiger partial charge on any atom is -0.309 e. The van der Waals surface area contributed by atoms with E-state index in [-0.39, 0.29) is 0 Å². The van der Waals surface area contributed by atoms with Gasteiger partial charge >= 0.3 is 0 Å². The van der Waals surface area contributed by atoms with Crippen LogP contribution < -0.4 is 5.32 Å². The van der Waals surface area contributed by atoms with Gasteiger partial charge in [-0.1, -0.05) is 0 Å². The first-order chi connectivity index (χ1) is 7.78. The normalized spacial score (nSPS) is 25.9. The highest BCUT2D eigenvalue weighted by atomic mass is 32.2. The Bertz CT molecular complexity index is 317. The first-order valence-electron chi connectivity index (χ1n) is 5.95. The largest absolute Gasteiger partial charge is 0.309 e. The van der Waals surface area contributed by atoms with Crippen molar-refractivity contribution < 1.29 is 0 Å². The van der Waals surface area contributed by atoms with Crippen molar-refractivity contribution in [3.05, 3.63) is 16.1 Å². The molecule has 2 nitrogen and oxygen atoms in total. The summed E-state index contributed by atoms with van der Waals surface area (Å²) in [5, 5.41) is 5.73. The van der Waals surface area contributed by atoms with Gasteiger partial charge < -0.3 is 5.32 Å². The van der Waals surface area contributed by atoms with Gasteiger partial charge in [0.15, 0.2) is 0 Å². The summed E-state index contributed by atoms with van der Waals surface area (Å²) in [6.07, 6.45) is 9.66. The van der Waals surface area contributed by atoms with Crippen LogP contribution in [0.4, 0.5) is 0 Å². The van der Waals surface area contributed by atoms with Crippen molar-refractivity contribution in [3.8, 4) is 0 Å². The molecule has 0 amide bonds. The molecule has 0 spiro atoms. The topological polar surface area (TPSA) is 24.9 Å². The van der Waals surface area contributed by atoms with E-state index in [1.165, 1.54) is 35.6 Å². The SMILES string of the molecule is CSC1CCC(NCc2cnc(C)s2)CC1. The van der Waals surface area contributed by atoms with E-state index in [0.29, 0.717) is 0 Å². The highest BCUT2D eigenvalue weighted by Gasteiger charge is 2.19. The maximum Gasteiger partial charge on any atom is 0.0897 e. The predicted molar refractivity (Wildman–Crippen MR) is 73.2 cm³/mol. The Labute approximate surface area is 106 Å². The Kier molecular flexibility index (Phi) is 4.67. The van der Waals surface area contributed by atoms with E-state index in [2.05, 4.69) is 23.5 Å². The summed E-state index contributed by atoms with van der Waals surface area (Å²) >= 11 is 3.83. The van der Waals surface area contributed by atoms with Crippen LogP contribution in [-0.4, -0.2) is 22.5 Å². The molecule has 0 aliphatic heterocycles. The molecule has 0 atom stereocenters. The average molecular weight is 256 g/mol. The monoisotopic (exact) mass is 256 g/mol. The second kappa shape index (κ2) is 6.03. The number of aryl methyl sites for hydroxylation is 1. The minimum absolute atomic E-state index is 0.728. The van der Waals surface area contributed by atoms with Crippen LogP contribution >= 0.6 is 23.1 Å². The molecule has 2 rings (SSSR count). The zero-order valence-electron chi connectivity index (χ0n) is 10.0. The smallest absolute Gasteiger partial charge is 0.0897 e. The van der Waals surface area contributed by atoms with Crippen molar-refractivity contribution in [2.75, 3.05) is 6.26 Å². The Morgan fingerprint density at radius 3 is 2.75 bits per heavy atom. The number of hydrogen-bond donors (Lipinski definition) is 1. The van der Waals surface area contributed by atoms with Crippen LogP contribution in [0, 0.1) is 6.92 Å². The summed E-state index contributed by atoms with van der Waals surface area (Å²) in [6.45, 7) is 3.07. The summed E-state index contributed by atoms with van der Waals surface area (Å²) < 4.78 is 0. The first-order valence-corrected chi connectivity index (χ1v) is 8.06. The second-order valence-electron chi connectivity index (χ2n) is 4.44. The lowest BCUT2D eigenvalue weighted by Crippen LogP contribution is -2.33. The summed E-state index contributed by atoms with van der Waals surface area (Å²) in [7, 11) is 0. The molecule has 4 heteroatoms. The van der Waals surface area contributed by atoms with Crippen LogP contribution in [0.25, 0.3) is 0 Å². The first kappa shape index (κ1) is 12.4. The zero-order chi connectivity index (χ0) is 11.4. The lowest BCUT2D eigenvalue weighted by Gasteiger charge is -2.27. The molecule has 1 saturated carbocycles. The van der Waals surface area contributed by atoms with Crippen LogP contribution in [0.15, 0.2) is 6.20 Å².